The molecular weight excluding hydrogens is 431 g/mol. The van der Waals surface area contributed by atoms with Gasteiger partial charge in [0.2, 0.25) is 5.91 Å². The number of nitrogens with zero attached hydrogens (tertiary/aromatic N) is 1. The molecule has 0 saturated heterocycles. The van der Waals surface area contributed by atoms with E-state index in [4.69, 9.17) is 0 Å². The number of halogens is 1. The Bertz CT molecular complexity index is 1260. The summed E-state index contributed by atoms with van der Waals surface area (Å²) in [4.78, 5) is 35.1. The van der Waals surface area contributed by atoms with Crippen molar-refractivity contribution in [1.29, 1.82) is 0 Å². The molecule has 3 N–H and O–H groups in total. The van der Waals surface area contributed by atoms with E-state index in [-0.39, 0.29) is 30.0 Å². The Kier molecular flexibility index (Phi) is 7.52. The number of carbonyl (C=O) groups is 2. The Morgan fingerprint density at radius 3 is 2.71 bits per heavy atom. The van der Waals surface area contributed by atoms with Gasteiger partial charge in [-0.15, -0.1) is 0 Å². The number of aromatic amines is 2. The molecule has 2 aromatic heterocycles. The Morgan fingerprint density at radius 1 is 1.09 bits per heavy atom. The molecule has 2 aromatic carbocycles. The van der Waals surface area contributed by atoms with Crippen molar-refractivity contribution in [2.24, 2.45) is 0 Å². The van der Waals surface area contributed by atoms with Gasteiger partial charge in [-0.2, -0.15) is 0 Å². The van der Waals surface area contributed by atoms with Crippen molar-refractivity contribution in [3.05, 3.63) is 78.1 Å². The van der Waals surface area contributed by atoms with Crippen LogP contribution in [0.25, 0.3) is 22.2 Å². The molecular formula is C27H29FN4O2. The smallest absolute Gasteiger partial charge is 0.225 e. The van der Waals surface area contributed by atoms with Crippen LogP contribution in [0, 0.1) is 5.82 Å². The van der Waals surface area contributed by atoms with Crippen LogP contribution < -0.4 is 5.32 Å². The monoisotopic (exact) mass is 460 g/mol. The van der Waals surface area contributed by atoms with Gasteiger partial charge in [0.05, 0.1) is 24.4 Å². The van der Waals surface area contributed by atoms with Crippen LogP contribution in [0.3, 0.4) is 0 Å². The predicted octanol–water partition coefficient (Wildman–Crippen LogP) is 5.64. The van der Waals surface area contributed by atoms with Crippen LogP contribution in [0.2, 0.25) is 0 Å². The number of ketones is 1. The molecule has 34 heavy (non-hydrogen) atoms. The van der Waals surface area contributed by atoms with E-state index in [1.165, 1.54) is 12.1 Å². The number of fused-ring (bicyclic) bond motifs is 1. The summed E-state index contributed by atoms with van der Waals surface area (Å²) in [5.74, 6) is 0.459. The fourth-order valence-corrected chi connectivity index (χ4v) is 4.18. The number of Topliss-reactive ketones (excluding diaryl/α,β-unsaturated/α-hetero) is 1. The number of carbonyl (C=O) groups excluding carboxylic acids is 2. The molecule has 4 rings (SSSR count). The zero-order valence-corrected chi connectivity index (χ0v) is 19.2. The minimum atomic E-state index is -0.317. The molecule has 6 nitrogen and oxygen atoms in total. The molecule has 0 aliphatic carbocycles. The third-order valence-corrected chi connectivity index (χ3v) is 5.95. The van der Waals surface area contributed by atoms with Crippen LogP contribution in [0.4, 0.5) is 4.39 Å². The van der Waals surface area contributed by atoms with E-state index in [2.05, 4.69) is 20.3 Å². The van der Waals surface area contributed by atoms with E-state index >= 15 is 0 Å². The molecule has 4 aromatic rings. The number of rotatable bonds is 11. The largest absolute Gasteiger partial charge is 0.361 e. The van der Waals surface area contributed by atoms with E-state index in [0.29, 0.717) is 24.2 Å². The van der Waals surface area contributed by atoms with Gasteiger partial charge in [-0.05, 0) is 49.1 Å². The summed E-state index contributed by atoms with van der Waals surface area (Å²) >= 11 is 0. The number of unbranched alkanes of at least 4 members (excludes halogenated alkanes) is 2. The summed E-state index contributed by atoms with van der Waals surface area (Å²) in [6.07, 6.45) is 7.63. The molecule has 0 aliphatic heterocycles. The second kappa shape index (κ2) is 10.9. The average Bonchev–Trinajstić information content (AvgIpc) is 3.46. The number of amides is 1. The van der Waals surface area contributed by atoms with Crippen LogP contribution in [0.5, 0.6) is 0 Å². The van der Waals surface area contributed by atoms with E-state index in [9.17, 15) is 14.0 Å². The maximum absolute atomic E-state index is 13.5. The zero-order chi connectivity index (χ0) is 23.9. The number of benzene rings is 2. The Hall–Kier alpha value is -3.74. The van der Waals surface area contributed by atoms with E-state index in [1.807, 2.05) is 30.3 Å². The number of nitrogens with one attached hydrogen (secondary N) is 3. The maximum Gasteiger partial charge on any atom is 0.225 e. The zero-order valence-electron chi connectivity index (χ0n) is 19.2. The normalized spacial score (nSPS) is 12.1. The van der Waals surface area contributed by atoms with E-state index < -0.39 is 0 Å². The maximum atomic E-state index is 13.5. The second-order valence-electron chi connectivity index (χ2n) is 8.65. The van der Waals surface area contributed by atoms with E-state index in [1.54, 1.807) is 25.4 Å². The highest BCUT2D eigenvalue weighted by Crippen LogP contribution is 2.24. The van der Waals surface area contributed by atoms with Crippen molar-refractivity contribution >= 4 is 22.6 Å². The summed E-state index contributed by atoms with van der Waals surface area (Å²) in [6.45, 7) is 1.61. The van der Waals surface area contributed by atoms with Crippen molar-refractivity contribution in [3.63, 3.8) is 0 Å². The second-order valence-corrected chi connectivity index (χ2v) is 8.65. The predicted molar refractivity (Wildman–Crippen MR) is 131 cm³/mol. The van der Waals surface area contributed by atoms with Gasteiger partial charge in [-0.1, -0.05) is 43.2 Å². The van der Waals surface area contributed by atoms with Gasteiger partial charge >= 0.3 is 0 Å². The third-order valence-electron chi connectivity index (χ3n) is 5.95. The molecule has 0 aliphatic rings. The fourth-order valence-electron chi connectivity index (χ4n) is 4.18. The molecule has 1 atom stereocenters. The quantitative estimate of drug-likeness (QED) is 0.253. The van der Waals surface area contributed by atoms with Gasteiger partial charge in [-0.25, -0.2) is 9.37 Å². The van der Waals surface area contributed by atoms with Crippen LogP contribution in [-0.4, -0.2) is 26.6 Å². The Labute approximate surface area is 198 Å². The fraction of sp³-hybridized carbons (Fsp3) is 0.296. The SMILES string of the molecule is CC(=O)CCCCC[C@H](NC(=O)Cc1c[nH]c2cc(F)ccc12)c1ncc(-c2ccccc2)[nH]1. The molecule has 0 bridgehead atoms. The minimum absolute atomic E-state index is 0.128. The average molecular weight is 461 g/mol. The van der Waals surface area contributed by atoms with Gasteiger partial charge in [-0.3, -0.25) is 4.79 Å². The topological polar surface area (TPSA) is 90.6 Å². The van der Waals surface area contributed by atoms with Crippen LogP contribution >= 0.6 is 0 Å². The molecule has 7 heteroatoms. The number of imidazole rings is 1. The third kappa shape index (κ3) is 5.98. The highest BCUT2D eigenvalue weighted by atomic mass is 19.1. The molecule has 0 saturated carbocycles. The highest BCUT2D eigenvalue weighted by Gasteiger charge is 2.19. The lowest BCUT2D eigenvalue weighted by Crippen LogP contribution is -2.30. The van der Waals surface area contributed by atoms with E-state index in [0.717, 1.165) is 41.5 Å². The van der Waals surface area contributed by atoms with Gasteiger partial charge < -0.3 is 20.1 Å². The molecule has 0 radical (unpaired) electrons. The Balaban J connectivity index is 1.46. The molecule has 0 unspecified atom stereocenters. The number of aromatic nitrogens is 3. The first-order valence-corrected chi connectivity index (χ1v) is 11.6. The number of hydrogen-bond acceptors (Lipinski definition) is 3. The van der Waals surface area contributed by atoms with Crippen molar-refractivity contribution in [1.82, 2.24) is 20.3 Å². The van der Waals surface area contributed by atoms with Gasteiger partial charge in [0.1, 0.15) is 17.4 Å². The van der Waals surface area contributed by atoms with Crippen molar-refractivity contribution in [2.45, 2.75) is 51.5 Å². The Morgan fingerprint density at radius 2 is 1.91 bits per heavy atom. The standard InChI is InChI=1S/C27H29FN4O2/c1-18(33)8-4-2-7-11-23(27-30-17-25(32-27)19-9-5-3-6-10-19)31-26(34)14-20-16-29-24-15-21(28)12-13-22(20)24/h3,5-6,9-10,12-13,15-17,23,29H,2,4,7-8,11,14H2,1H3,(H,30,32)(H,31,34)/t23-/m0/s1. The number of hydrogen-bond donors (Lipinski definition) is 3. The summed E-state index contributed by atoms with van der Waals surface area (Å²) in [5, 5.41) is 3.96. The summed E-state index contributed by atoms with van der Waals surface area (Å²) < 4.78 is 13.5. The summed E-state index contributed by atoms with van der Waals surface area (Å²) in [5.41, 5.74) is 3.41. The molecule has 0 spiro atoms. The molecule has 1 amide bonds. The van der Waals surface area contributed by atoms with Gasteiger partial charge in [0.25, 0.3) is 0 Å². The highest BCUT2D eigenvalue weighted by molar-refractivity contribution is 5.89. The first-order chi connectivity index (χ1) is 16.5. The summed E-state index contributed by atoms with van der Waals surface area (Å²) in [6, 6.07) is 14.2. The first-order valence-electron chi connectivity index (χ1n) is 11.6. The lowest BCUT2D eigenvalue weighted by Gasteiger charge is -2.17. The molecule has 0 fully saturated rings. The molecule has 2 heterocycles. The molecule has 176 valence electrons. The van der Waals surface area contributed by atoms with Gasteiger partial charge in [0.15, 0.2) is 0 Å². The lowest BCUT2D eigenvalue weighted by atomic mass is 10.0. The van der Waals surface area contributed by atoms with Crippen LogP contribution in [0.1, 0.15) is 56.5 Å². The van der Waals surface area contributed by atoms with Crippen LogP contribution in [0.15, 0.2) is 60.9 Å². The number of H-pyrrole nitrogens is 2. The summed E-state index contributed by atoms with van der Waals surface area (Å²) in [7, 11) is 0. The van der Waals surface area contributed by atoms with Crippen molar-refractivity contribution < 1.29 is 14.0 Å². The van der Waals surface area contributed by atoms with Crippen molar-refractivity contribution in [3.8, 4) is 11.3 Å². The van der Waals surface area contributed by atoms with Crippen LogP contribution in [-0.2, 0) is 16.0 Å². The minimum Gasteiger partial charge on any atom is -0.361 e. The van der Waals surface area contributed by atoms with Gasteiger partial charge in [0, 0.05) is 23.5 Å². The van der Waals surface area contributed by atoms with Crippen molar-refractivity contribution in [2.75, 3.05) is 0 Å². The first kappa shape index (κ1) is 23.4. The lowest BCUT2D eigenvalue weighted by molar-refractivity contribution is -0.121.